The first kappa shape index (κ1) is 29.1. The molecule has 9 nitrogen and oxygen atoms in total. The number of hydrogen-bond acceptors (Lipinski definition) is 8. The first-order valence-electron chi connectivity index (χ1n) is 12.1. The van der Waals surface area contributed by atoms with Crippen LogP contribution < -0.4 is 16.4 Å². The van der Waals surface area contributed by atoms with Crippen molar-refractivity contribution in [2.24, 2.45) is 5.73 Å². The Morgan fingerprint density at radius 3 is 2.38 bits per heavy atom. The topological polar surface area (TPSA) is 106 Å². The van der Waals surface area contributed by atoms with Crippen molar-refractivity contribution in [3.05, 3.63) is 6.33 Å². The van der Waals surface area contributed by atoms with E-state index in [-0.39, 0.29) is 37.2 Å². The Kier molecular flexibility index (Phi) is 11.9. The van der Waals surface area contributed by atoms with E-state index in [2.05, 4.69) is 20.1 Å². The van der Waals surface area contributed by atoms with Crippen LogP contribution in [0.5, 0.6) is 0 Å². The molecule has 12 heteroatoms. The molecule has 3 aliphatic rings. The summed E-state index contributed by atoms with van der Waals surface area (Å²) in [5, 5.41) is 7.15. The number of fused-ring (bicyclic) bond motifs is 1. The van der Waals surface area contributed by atoms with Crippen molar-refractivity contribution in [1.82, 2.24) is 24.4 Å². The first-order valence-corrected chi connectivity index (χ1v) is 12.1. The maximum Gasteiger partial charge on any atom is 0.227 e. The molecular weight excluding hydrogens is 499 g/mol. The second-order valence-electron chi connectivity index (χ2n) is 9.29. The number of hydrogen-bond donors (Lipinski definition) is 3. The predicted molar refractivity (Wildman–Crippen MR) is 144 cm³/mol. The van der Waals surface area contributed by atoms with Crippen LogP contribution in [-0.2, 0) is 4.74 Å². The van der Waals surface area contributed by atoms with Crippen molar-refractivity contribution in [2.45, 2.75) is 69.5 Å². The third-order valence-corrected chi connectivity index (χ3v) is 7.07. The van der Waals surface area contributed by atoms with Gasteiger partial charge in [-0.05, 0) is 38.5 Å². The van der Waals surface area contributed by atoms with Gasteiger partial charge in [-0.25, -0.2) is 4.98 Å². The molecule has 1 aliphatic heterocycles. The molecular formula is C22H39Cl3N8O. The molecule has 2 saturated carbocycles. The third-order valence-electron chi connectivity index (χ3n) is 7.07. The molecule has 3 fully saturated rings. The van der Waals surface area contributed by atoms with Gasteiger partial charge in [0, 0.05) is 44.3 Å². The highest BCUT2D eigenvalue weighted by Gasteiger charge is 2.24. The van der Waals surface area contributed by atoms with Crippen molar-refractivity contribution in [1.29, 1.82) is 0 Å². The van der Waals surface area contributed by atoms with Crippen molar-refractivity contribution in [3.8, 4) is 0 Å². The molecule has 0 radical (unpaired) electrons. The number of halogens is 3. The average molecular weight is 538 g/mol. The lowest BCUT2D eigenvalue weighted by Gasteiger charge is -2.27. The number of nitrogens with zero attached hydrogens (tertiary/aromatic N) is 5. The Morgan fingerprint density at radius 2 is 1.68 bits per heavy atom. The molecule has 4 N–H and O–H groups in total. The number of anilines is 2. The molecule has 194 valence electrons. The van der Waals surface area contributed by atoms with Crippen molar-refractivity contribution < 1.29 is 4.74 Å². The molecule has 2 aromatic heterocycles. The van der Waals surface area contributed by atoms with Crippen molar-refractivity contribution >= 4 is 60.2 Å². The summed E-state index contributed by atoms with van der Waals surface area (Å²) in [6, 6.07) is 1.23. The van der Waals surface area contributed by atoms with Crippen LogP contribution in [0.3, 0.4) is 0 Å². The standard InChI is InChI=1S/C22H36N8O.3ClH/c23-16-5-7-17(8-6-16)26-22-27-20(24-9-10-29-11-13-31-14-12-29)19-21(28-22)30(15-25-19)18-3-1-2-4-18;;;/h15-18H,1-14,23H2,(H2,24,26,27,28);3*1H. The molecule has 0 amide bonds. The highest BCUT2D eigenvalue weighted by molar-refractivity contribution is 5.86. The number of morpholine rings is 1. The van der Waals surface area contributed by atoms with Crippen molar-refractivity contribution in [2.75, 3.05) is 50.0 Å². The largest absolute Gasteiger partial charge is 0.379 e. The molecule has 2 aliphatic carbocycles. The van der Waals surface area contributed by atoms with Crippen LogP contribution in [0.2, 0.25) is 0 Å². The lowest BCUT2D eigenvalue weighted by atomic mass is 9.92. The van der Waals surface area contributed by atoms with Crippen LogP contribution in [0.4, 0.5) is 11.8 Å². The third kappa shape index (κ3) is 6.98. The zero-order valence-electron chi connectivity index (χ0n) is 19.7. The van der Waals surface area contributed by atoms with E-state index in [1.807, 2.05) is 6.33 Å². The zero-order chi connectivity index (χ0) is 21.0. The average Bonchev–Trinajstić information content (AvgIpc) is 3.46. The van der Waals surface area contributed by atoms with E-state index in [0.29, 0.717) is 24.1 Å². The van der Waals surface area contributed by atoms with Gasteiger partial charge in [-0.15, -0.1) is 37.2 Å². The molecule has 0 unspecified atom stereocenters. The number of imidazole rings is 1. The van der Waals surface area contributed by atoms with Gasteiger partial charge in [0.2, 0.25) is 5.95 Å². The van der Waals surface area contributed by atoms with Crippen LogP contribution >= 0.6 is 37.2 Å². The van der Waals surface area contributed by atoms with E-state index in [9.17, 15) is 0 Å². The zero-order valence-corrected chi connectivity index (χ0v) is 22.1. The molecule has 34 heavy (non-hydrogen) atoms. The fourth-order valence-electron chi connectivity index (χ4n) is 5.16. The fraction of sp³-hybridized carbons (Fsp3) is 0.773. The van der Waals surface area contributed by atoms with Gasteiger partial charge in [-0.3, -0.25) is 4.90 Å². The molecule has 0 atom stereocenters. The molecule has 0 bridgehead atoms. The highest BCUT2D eigenvalue weighted by Crippen LogP contribution is 2.33. The van der Waals surface area contributed by atoms with Crippen LogP contribution in [0.25, 0.3) is 11.2 Å². The molecule has 1 saturated heterocycles. The van der Waals surface area contributed by atoms with Gasteiger partial charge in [0.15, 0.2) is 17.0 Å². The number of nitrogens with one attached hydrogen (secondary N) is 2. The Morgan fingerprint density at radius 1 is 0.971 bits per heavy atom. The van der Waals surface area contributed by atoms with E-state index in [1.54, 1.807) is 0 Å². The van der Waals surface area contributed by atoms with Crippen LogP contribution in [0.1, 0.15) is 57.4 Å². The van der Waals surface area contributed by atoms with Crippen LogP contribution in [0.15, 0.2) is 6.33 Å². The number of aromatic nitrogens is 4. The normalized spacial score (nSPS) is 23.6. The summed E-state index contributed by atoms with van der Waals surface area (Å²) in [5.74, 6) is 1.55. The lowest BCUT2D eigenvalue weighted by molar-refractivity contribution is 0.0398. The Hall–Kier alpha value is -1.10. The maximum absolute atomic E-state index is 6.09. The SMILES string of the molecule is Cl.Cl.Cl.NC1CCC(Nc2nc(NCCN3CCOCC3)c3ncn(C4CCCC4)c3n2)CC1. The monoisotopic (exact) mass is 536 g/mol. The Balaban J connectivity index is 0.00000136. The summed E-state index contributed by atoms with van der Waals surface area (Å²) in [7, 11) is 0. The number of rotatable bonds is 7. The molecule has 5 rings (SSSR count). The van der Waals surface area contributed by atoms with Crippen molar-refractivity contribution in [3.63, 3.8) is 0 Å². The van der Waals surface area contributed by atoms with Gasteiger partial charge in [0.25, 0.3) is 0 Å². The minimum Gasteiger partial charge on any atom is -0.379 e. The van der Waals surface area contributed by atoms with Gasteiger partial charge >= 0.3 is 0 Å². The minimum absolute atomic E-state index is 0. The van der Waals surface area contributed by atoms with Gasteiger partial charge in [0.1, 0.15) is 0 Å². The van der Waals surface area contributed by atoms with Gasteiger partial charge < -0.3 is 25.7 Å². The molecule has 3 heterocycles. The maximum atomic E-state index is 6.09. The van der Waals surface area contributed by atoms with Crippen LogP contribution in [0, 0.1) is 0 Å². The summed E-state index contributed by atoms with van der Waals surface area (Å²) in [5.41, 5.74) is 7.92. The lowest BCUT2D eigenvalue weighted by Crippen LogP contribution is -2.39. The molecule has 0 spiro atoms. The minimum atomic E-state index is 0. The van der Waals surface area contributed by atoms with E-state index >= 15 is 0 Å². The number of ether oxygens (including phenoxy) is 1. The number of nitrogens with two attached hydrogens (primary N) is 1. The van der Waals surface area contributed by atoms with Gasteiger partial charge in [-0.2, -0.15) is 9.97 Å². The van der Waals surface area contributed by atoms with Gasteiger partial charge in [-0.1, -0.05) is 12.8 Å². The van der Waals surface area contributed by atoms with E-state index < -0.39 is 0 Å². The van der Waals surface area contributed by atoms with Gasteiger partial charge in [0.05, 0.1) is 19.5 Å². The fourth-order valence-corrected chi connectivity index (χ4v) is 5.16. The quantitative estimate of drug-likeness (QED) is 0.492. The summed E-state index contributed by atoms with van der Waals surface area (Å²) in [6.07, 6.45) is 11.2. The van der Waals surface area contributed by atoms with E-state index in [4.69, 9.17) is 25.4 Å². The summed E-state index contributed by atoms with van der Waals surface area (Å²) in [4.78, 5) is 16.9. The Labute approximate surface area is 220 Å². The van der Waals surface area contributed by atoms with Crippen LogP contribution in [-0.4, -0.2) is 75.9 Å². The predicted octanol–water partition coefficient (Wildman–Crippen LogP) is 3.63. The second kappa shape index (κ2) is 13.8. The summed E-state index contributed by atoms with van der Waals surface area (Å²) in [6.45, 7) is 5.44. The summed E-state index contributed by atoms with van der Waals surface area (Å²) >= 11 is 0. The molecule has 2 aromatic rings. The smallest absolute Gasteiger partial charge is 0.227 e. The van der Waals surface area contributed by atoms with E-state index in [1.165, 1.54) is 25.7 Å². The molecule has 0 aromatic carbocycles. The first-order chi connectivity index (χ1) is 15.3. The van der Waals surface area contributed by atoms with E-state index in [0.717, 1.165) is 82.1 Å². The highest BCUT2D eigenvalue weighted by atomic mass is 35.5. The Bertz CT molecular complexity index is 865. The summed E-state index contributed by atoms with van der Waals surface area (Å²) < 4.78 is 7.73. The second-order valence-corrected chi connectivity index (χ2v) is 9.29.